The van der Waals surface area contributed by atoms with Gasteiger partial charge in [-0.25, -0.2) is 18.1 Å². The molecule has 1 aromatic heterocycles. The average Bonchev–Trinajstić information content (AvgIpc) is 3.01. The van der Waals surface area contributed by atoms with Crippen molar-refractivity contribution in [3.8, 4) is 0 Å². The Labute approximate surface area is 174 Å². The van der Waals surface area contributed by atoms with E-state index in [9.17, 15) is 8.42 Å². The molecule has 29 heavy (non-hydrogen) atoms. The van der Waals surface area contributed by atoms with Crippen molar-refractivity contribution in [3.05, 3.63) is 53.9 Å². The summed E-state index contributed by atoms with van der Waals surface area (Å²) < 4.78 is 30.5. The van der Waals surface area contributed by atoms with Gasteiger partial charge in [0.1, 0.15) is 0 Å². The second kappa shape index (κ2) is 9.45. The Balaban J connectivity index is 2.26. The highest BCUT2D eigenvalue weighted by molar-refractivity contribution is 7.89. The molecule has 0 spiro atoms. The van der Waals surface area contributed by atoms with Crippen LogP contribution in [0.5, 0.6) is 0 Å². The zero-order valence-electron chi connectivity index (χ0n) is 18.2. The zero-order valence-corrected chi connectivity index (χ0v) is 19.0. The first-order chi connectivity index (χ1) is 13.5. The number of hydrogen-bond donors (Lipinski definition) is 2. The summed E-state index contributed by atoms with van der Waals surface area (Å²) in [7, 11) is 0.349. The van der Waals surface area contributed by atoms with Gasteiger partial charge in [-0.3, -0.25) is 0 Å². The molecule has 2 aromatic rings. The molecule has 0 aliphatic carbocycles. The van der Waals surface area contributed by atoms with Gasteiger partial charge in [0, 0.05) is 38.1 Å². The Bertz CT molecular complexity index is 942. The maximum absolute atomic E-state index is 12.8. The van der Waals surface area contributed by atoms with Crippen LogP contribution in [0.3, 0.4) is 0 Å². The molecule has 0 fully saturated rings. The minimum absolute atomic E-state index is 0.264. The Kier molecular flexibility index (Phi) is 7.48. The van der Waals surface area contributed by atoms with Gasteiger partial charge in [0.25, 0.3) is 0 Å². The van der Waals surface area contributed by atoms with Crippen LogP contribution in [-0.2, 0) is 30.2 Å². The van der Waals surface area contributed by atoms with Crippen LogP contribution in [0.1, 0.15) is 39.0 Å². The number of aryl methyl sites for hydroxylation is 1. The quantitative estimate of drug-likeness (QED) is 0.534. The molecule has 0 bridgehead atoms. The van der Waals surface area contributed by atoms with Crippen LogP contribution >= 0.6 is 0 Å². The first kappa shape index (κ1) is 23.0. The normalized spacial score (nSPS) is 12.8. The van der Waals surface area contributed by atoms with E-state index in [4.69, 9.17) is 4.99 Å². The number of rotatable bonds is 7. The van der Waals surface area contributed by atoms with E-state index < -0.39 is 15.6 Å². The second-order valence-electron chi connectivity index (χ2n) is 8.10. The van der Waals surface area contributed by atoms with Gasteiger partial charge in [0.05, 0.1) is 18.0 Å². The fraction of sp³-hybridized carbons (Fsp3) is 0.476. The van der Waals surface area contributed by atoms with E-state index in [2.05, 4.69) is 20.7 Å². The van der Waals surface area contributed by atoms with Crippen LogP contribution in [0.25, 0.3) is 0 Å². The number of aliphatic imine (C=N–C) groups is 1. The molecule has 7 nitrogen and oxygen atoms in total. The molecule has 0 aliphatic rings. The molecule has 1 aromatic carbocycles. The molecule has 8 heteroatoms. The standard InChI is InChI=1S/C21H33N5O2S/c1-7-22-20(26(6)16-18-12-10-14-25(18)5)23-15-17-11-8-9-13-19(17)29(27,28)24-21(2,3)4/h8-14,24H,7,15-16H2,1-6H3,(H,22,23). The number of hydrogen-bond acceptors (Lipinski definition) is 3. The second-order valence-corrected chi connectivity index (χ2v) is 9.75. The lowest BCUT2D eigenvalue weighted by atomic mass is 10.1. The fourth-order valence-electron chi connectivity index (χ4n) is 2.96. The van der Waals surface area contributed by atoms with Crippen LogP contribution in [0, 0.1) is 0 Å². The fourth-order valence-corrected chi connectivity index (χ4v) is 4.61. The molecule has 0 saturated carbocycles. The van der Waals surface area contributed by atoms with Gasteiger partial charge in [-0.05, 0) is 51.5 Å². The predicted octanol–water partition coefficient (Wildman–Crippen LogP) is 2.70. The van der Waals surface area contributed by atoms with Crippen LogP contribution < -0.4 is 10.0 Å². The zero-order chi connectivity index (χ0) is 21.7. The van der Waals surface area contributed by atoms with Crippen LogP contribution in [0.15, 0.2) is 52.5 Å². The molecular weight excluding hydrogens is 386 g/mol. The van der Waals surface area contributed by atoms with Gasteiger partial charge in [0.2, 0.25) is 10.0 Å². The van der Waals surface area contributed by atoms with Crippen molar-refractivity contribution in [3.63, 3.8) is 0 Å². The molecule has 2 N–H and O–H groups in total. The summed E-state index contributed by atoms with van der Waals surface area (Å²) in [4.78, 5) is 6.99. The average molecular weight is 420 g/mol. The van der Waals surface area contributed by atoms with Crippen molar-refractivity contribution < 1.29 is 8.42 Å². The monoisotopic (exact) mass is 419 g/mol. The van der Waals surface area contributed by atoms with E-state index in [1.54, 1.807) is 12.1 Å². The lowest BCUT2D eigenvalue weighted by Crippen LogP contribution is -2.41. The Morgan fingerprint density at radius 1 is 1.17 bits per heavy atom. The third kappa shape index (κ3) is 6.61. The molecule has 0 radical (unpaired) electrons. The maximum Gasteiger partial charge on any atom is 0.241 e. The van der Waals surface area contributed by atoms with Crippen molar-refractivity contribution in [1.29, 1.82) is 0 Å². The minimum Gasteiger partial charge on any atom is -0.357 e. The highest BCUT2D eigenvalue weighted by atomic mass is 32.2. The summed E-state index contributed by atoms with van der Waals surface area (Å²) in [5, 5.41) is 3.28. The Morgan fingerprint density at radius 2 is 1.86 bits per heavy atom. The largest absolute Gasteiger partial charge is 0.357 e. The number of aromatic nitrogens is 1. The highest BCUT2D eigenvalue weighted by Gasteiger charge is 2.24. The molecular formula is C21H33N5O2S. The summed E-state index contributed by atoms with van der Waals surface area (Å²) in [6.07, 6.45) is 2.01. The summed E-state index contributed by atoms with van der Waals surface area (Å²) in [5.41, 5.74) is 1.27. The van der Waals surface area contributed by atoms with Crippen molar-refractivity contribution >= 4 is 16.0 Å². The van der Waals surface area contributed by atoms with Gasteiger partial charge in [-0.15, -0.1) is 0 Å². The third-order valence-corrected chi connectivity index (χ3v) is 6.11. The maximum atomic E-state index is 12.8. The molecule has 160 valence electrons. The molecule has 2 rings (SSSR count). The van der Waals surface area contributed by atoms with Crippen molar-refractivity contribution in [2.24, 2.45) is 12.0 Å². The first-order valence-corrected chi connectivity index (χ1v) is 11.2. The van der Waals surface area contributed by atoms with Gasteiger partial charge in [-0.2, -0.15) is 0 Å². The summed E-state index contributed by atoms with van der Waals surface area (Å²) in [6.45, 7) is 9.18. The number of guanidine groups is 1. The van der Waals surface area contributed by atoms with Crippen LogP contribution in [-0.4, -0.2) is 43.0 Å². The number of nitrogens with zero attached hydrogens (tertiary/aromatic N) is 3. The van der Waals surface area contributed by atoms with E-state index in [1.165, 1.54) is 0 Å². The van der Waals surface area contributed by atoms with Crippen molar-refractivity contribution in [1.82, 2.24) is 19.5 Å². The Morgan fingerprint density at radius 3 is 2.45 bits per heavy atom. The summed E-state index contributed by atoms with van der Waals surface area (Å²) in [6, 6.07) is 11.1. The SMILES string of the molecule is CCNC(=NCc1ccccc1S(=O)(=O)NC(C)(C)C)N(C)Cc1cccn1C. The van der Waals surface area contributed by atoms with Crippen LogP contribution in [0.2, 0.25) is 0 Å². The van der Waals surface area contributed by atoms with E-state index in [0.29, 0.717) is 12.1 Å². The predicted molar refractivity (Wildman–Crippen MR) is 118 cm³/mol. The summed E-state index contributed by atoms with van der Waals surface area (Å²) in [5.74, 6) is 0.727. The smallest absolute Gasteiger partial charge is 0.241 e. The van der Waals surface area contributed by atoms with Gasteiger partial charge < -0.3 is 14.8 Å². The molecule has 1 heterocycles. The molecule has 0 atom stereocenters. The molecule has 0 aliphatic heterocycles. The third-order valence-electron chi connectivity index (χ3n) is 4.25. The first-order valence-electron chi connectivity index (χ1n) is 9.75. The van der Waals surface area contributed by atoms with Crippen molar-refractivity contribution in [2.45, 2.75) is 51.2 Å². The van der Waals surface area contributed by atoms with Crippen LogP contribution in [0.4, 0.5) is 0 Å². The number of sulfonamides is 1. The Hall–Kier alpha value is -2.32. The van der Waals surface area contributed by atoms with E-state index in [1.807, 2.05) is 71.1 Å². The number of nitrogens with one attached hydrogen (secondary N) is 2. The van der Waals surface area contributed by atoms with Gasteiger partial charge in [-0.1, -0.05) is 18.2 Å². The van der Waals surface area contributed by atoms with Gasteiger partial charge >= 0.3 is 0 Å². The molecule has 0 amide bonds. The number of benzene rings is 1. The van der Waals surface area contributed by atoms with E-state index in [-0.39, 0.29) is 11.4 Å². The topological polar surface area (TPSA) is 78.7 Å². The van der Waals surface area contributed by atoms with Gasteiger partial charge in [0.15, 0.2) is 5.96 Å². The van der Waals surface area contributed by atoms with E-state index >= 15 is 0 Å². The molecule has 0 saturated heterocycles. The highest BCUT2D eigenvalue weighted by Crippen LogP contribution is 2.19. The van der Waals surface area contributed by atoms with Crippen molar-refractivity contribution in [2.75, 3.05) is 13.6 Å². The summed E-state index contributed by atoms with van der Waals surface area (Å²) >= 11 is 0. The lowest BCUT2D eigenvalue weighted by Gasteiger charge is -2.23. The van der Waals surface area contributed by atoms with E-state index in [0.717, 1.165) is 18.2 Å². The lowest BCUT2D eigenvalue weighted by molar-refractivity contribution is 0.461. The molecule has 0 unspecified atom stereocenters. The minimum atomic E-state index is -3.63.